The summed E-state index contributed by atoms with van der Waals surface area (Å²) in [6.45, 7) is 18.7. The maximum absolute atomic E-state index is 5.84. The quantitative estimate of drug-likeness (QED) is 0.580. The highest BCUT2D eigenvalue weighted by Crippen LogP contribution is 2.09. The monoisotopic (exact) mass is 278 g/mol. The van der Waals surface area contributed by atoms with Crippen molar-refractivity contribution in [2.45, 2.75) is 60.1 Å². The molecule has 0 unspecified atom stereocenters. The van der Waals surface area contributed by atoms with Gasteiger partial charge in [-0.1, -0.05) is 13.8 Å². The van der Waals surface area contributed by atoms with Crippen molar-refractivity contribution in [2.24, 2.45) is 0 Å². The molecule has 16 heavy (non-hydrogen) atoms. The van der Waals surface area contributed by atoms with Crippen LogP contribution in [0.1, 0.15) is 20.8 Å². The summed E-state index contributed by atoms with van der Waals surface area (Å²) in [6, 6.07) is 0. The third-order valence-electron chi connectivity index (χ3n) is 1.04. The number of hydrogen-bond acceptors (Lipinski definition) is 2. The van der Waals surface area contributed by atoms with Gasteiger partial charge in [-0.05, 0) is 46.2 Å². The van der Waals surface area contributed by atoms with Crippen LogP contribution in [0.15, 0.2) is 0 Å². The molecule has 0 amide bonds. The standard InChI is InChI=1S/C6H20O2Si3.C3H4.C2H6/c1-9(2)7-11(5,6)8-10(3)4;1-3-2;1-2/h9-10H,1-6H3;1H,2H3;1-2H3. The molecule has 0 fully saturated rings. The number of terminal acetylenes is 1. The minimum absolute atomic E-state index is 0.895. The molecule has 98 valence electrons. The average molecular weight is 279 g/mol. The Labute approximate surface area is 107 Å². The Morgan fingerprint density at radius 2 is 1.12 bits per heavy atom. The van der Waals surface area contributed by atoms with Gasteiger partial charge in [-0.15, -0.1) is 12.3 Å². The van der Waals surface area contributed by atoms with Crippen molar-refractivity contribution in [3.8, 4) is 12.3 Å². The van der Waals surface area contributed by atoms with Gasteiger partial charge in [0.2, 0.25) is 0 Å². The largest absolute Gasteiger partial charge is 0.440 e. The van der Waals surface area contributed by atoms with Crippen molar-refractivity contribution in [3.05, 3.63) is 0 Å². The predicted molar refractivity (Wildman–Crippen MR) is 83.3 cm³/mol. The van der Waals surface area contributed by atoms with Crippen molar-refractivity contribution in [1.29, 1.82) is 0 Å². The van der Waals surface area contributed by atoms with Gasteiger partial charge in [0.25, 0.3) is 0 Å². The molecule has 0 aliphatic carbocycles. The second-order valence-electron chi connectivity index (χ2n) is 4.02. The zero-order valence-electron chi connectivity index (χ0n) is 12.5. The Kier molecular flexibility index (Phi) is 17.7. The van der Waals surface area contributed by atoms with Crippen molar-refractivity contribution in [1.82, 2.24) is 0 Å². The van der Waals surface area contributed by atoms with Crippen LogP contribution >= 0.6 is 0 Å². The van der Waals surface area contributed by atoms with E-state index in [2.05, 4.69) is 51.6 Å². The molecule has 0 aromatic rings. The van der Waals surface area contributed by atoms with Gasteiger partial charge in [-0.2, -0.15) is 0 Å². The molecule has 0 rings (SSSR count). The van der Waals surface area contributed by atoms with Crippen molar-refractivity contribution in [3.63, 3.8) is 0 Å². The SMILES string of the molecule is C#CC.CC.C[SiH](C)O[Si](C)(C)O[SiH](C)C. The maximum atomic E-state index is 5.84. The van der Waals surface area contributed by atoms with Gasteiger partial charge < -0.3 is 8.23 Å². The molecule has 0 aliphatic rings. The van der Waals surface area contributed by atoms with Crippen LogP contribution < -0.4 is 0 Å². The molecule has 0 spiro atoms. The van der Waals surface area contributed by atoms with Crippen LogP contribution in [0.5, 0.6) is 0 Å². The molecular weight excluding hydrogens is 248 g/mol. The summed E-state index contributed by atoms with van der Waals surface area (Å²) in [6.07, 6.45) is 4.60. The number of hydrogen-bond donors (Lipinski definition) is 0. The molecule has 0 atom stereocenters. The zero-order chi connectivity index (χ0) is 13.8. The van der Waals surface area contributed by atoms with E-state index in [0.717, 1.165) is 0 Å². The average Bonchev–Trinajstić information content (AvgIpc) is 2.03. The molecule has 0 N–H and O–H groups in total. The highest BCUT2D eigenvalue weighted by molar-refractivity contribution is 6.78. The summed E-state index contributed by atoms with van der Waals surface area (Å²) in [5.41, 5.74) is 0. The van der Waals surface area contributed by atoms with Gasteiger partial charge in [0, 0.05) is 0 Å². The summed E-state index contributed by atoms with van der Waals surface area (Å²) in [5.74, 6) is 2.25. The van der Waals surface area contributed by atoms with Gasteiger partial charge in [0.05, 0.1) is 0 Å². The Bertz CT molecular complexity index is 163. The third kappa shape index (κ3) is 23.7. The fraction of sp³-hybridized carbons (Fsp3) is 0.818. The Balaban J connectivity index is -0.000000289. The van der Waals surface area contributed by atoms with E-state index in [0.29, 0.717) is 0 Å². The molecule has 0 aliphatic heterocycles. The van der Waals surface area contributed by atoms with E-state index >= 15 is 0 Å². The highest BCUT2D eigenvalue weighted by Gasteiger charge is 2.26. The Morgan fingerprint density at radius 3 is 1.25 bits per heavy atom. The maximum Gasteiger partial charge on any atom is 0.310 e. The lowest BCUT2D eigenvalue weighted by atomic mass is 10.9. The summed E-state index contributed by atoms with van der Waals surface area (Å²) >= 11 is 0. The summed E-state index contributed by atoms with van der Waals surface area (Å²) in [7, 11) is -3.50. The first-order valence-corrected chi connectivity index (χ1v) is 14.4. The van der Waals surface area contributed by atoms with Crippen LogP contribution in [-0.2, 0) is 8.23 Å². The van der Waals surface area contributed by atoms with Crippen LogP contribution in [0.25, 0.3) is 0 Å². The summed E-state index contributed by atoms with van der Waals surface area (Å²) in [5, 5.41) is 0. The highest BCUT2D eigenvalue weighted by atomic mass is 28.5. The first-order chi connectivity index (χ1) is 7.25. The molecular formula is C11H30O2Si3. The Morgan fingerprint density at radius 1 is 0.938 bits per heavy atom. The second-order valence-corrected chi connectivity index (χ2v) is 12.9. The summed E-state index contributed by atoms with van der Waals surface area (Å²) < 4.78 is 11.7. The fourth-order valence-electron chi connectivity index (χ4n) is 1.16. The summed E-state index contributed by atoms with van der Waals surface area (Å²) in [4.78, 5) is 0. The van der Waals surface area contributed by atoms with Gasteiger partial charge in [-0.3, -0.25) is 0 Å². The first-order valence-electron chi connectivity index (χ1n) is 5.98. The van der Waals surface area contributed by atoms with Crippen molar-refractivity contribution < 1.29 is 8.23 Å². The molecule has 5 heteroatoms. The van der Waals surface area contributed by atoms with Crippen LogP contribution in [-0.4, -0.2) is 26.6 Å². The second kappa shape index (κ2) is 13.2. The predicted octanol–water partition coefficient (Wildman–Crippen LogP) is 3.35. The molecule has 0 heterocycles. The molecule has 0 radical (unpaired) electrons. The van der Waals surface area contributed by atoms with Gasteiger partial charge in [0.15, 0.2) is 18.1 Å². The van der Waals surface area contributed by atoms with Crippen LogP contribution in [0, 0.1) is 12.3 Å². The first kappa shape index (κ1) is 21.4. The van der Waals surface area contributed by atoms with Crippen LogP contribution in [0.4, 0.5) is 0 Å². The van der Waals surface area contributed by atoms with E-state index in [1.807, 2.05) is 13.8 Å². The van der Waals surface area contributed by atoms with Crippen molar-refractivity contribution in [2.75, 3.05) is 0 Å². The molecule has 0 aromatic carbocycles. The lowest BCUT2D eigenvalue weighted by Gasteiger charge is -2.27. The molecule has 0 aromatic heterocycles. The van der Waals surface area contributed by atoms with E-state index in [1.54, 1.807) is 6.92 Å². The normalized spacial score (nSPS) is 9.88. The van der Waals surface area contributed by atoms with Crippen molar-refractivity contribution >= 4 is 26.6 Å². The van der Waals surface area contributed by atoms with Crippen LogP contribution in [0.2, 0.25) is 39.3 Å². The van der Waals surface area contributed by atoms with E-state index < -0.39 is 26.6 Å². The lowest BCUT2D eigenvalue weighted by Crippen LogP contribution is -2.42. The zero-order valence-corrected chi connectivity index (χ0v) is 15.9. The minimum Gasteiger partial charge on any atom is -0.440 e. The Hall–Kier alpha value is 0.131. The van der Waals surface area contributed by atoms with Gasteiger partial charge in [-0.25, -0.2) is 0 Å². The van der Waals surface area contributed by atoms with Gasteiger partial charge in [0.1, 0.15) is 0 Å². The fourth-order valence-corrected chi connectivity index (χ4v) is 11.0. The molecule has 0 saturated carbocycles. The molecule has 2 nitrogen and oxygen atoms in total. The topological polar surface area (TPSA) is 18.5 Å². The van der Waals surface area contributed by atoms with E-state index in [4.69, 9.17) is 8.23 Å². The van der Waals surface area contributed by atoms with E-state index in [9.17, 15) is 0 Å². The lowest BCUT2D eigenvalue weighted by molar-refractivity contribution is 0.415. The minimum atomic E-state index is -1.71. The number of rotatable bonds is 4. The van der Waals surface area contributed by atoms with E-state index in [-0.39, 0.29) is 0 Å². The van der Waals surface area contributed by atoms with E-state index in [1.165, 1.54) is 0 Å². The smallest absolute Gasteiger partial charge is 0.310 e. The third-order valence-corrected chi connectivity index (χ3v) is 9.35. The molecule has 0 bridgehead atoms. The van der Waals surface area contributed by atoms with Crippen LogP contribution in [0.3, 0.4) is 0 Å². The molecule has 0 saturated heterocycles. The van der Waals surface area contributed by atoms with Gasteiger partial charge >= 0.3 is 8.56 Å².